The van der Waals surface area contributed by atoms with Gasteiger partial charge < -0.3 is 25.6 Å². The molecule has 1 amide bonds. The molecule has 0 unspecified atom stereocenters. The molecule has 0 aromatic heterocycles. The van der Waals surface area contributed by atoms with Crippen LogP contribution < -0.4 is 16.0 Å². The summed E-state index contributed by atoms with van der Waals surface area (Å²) in [5, 5.41) is 9.31. The second-order valence-electron chi connectivity index (χ2n) is 8.31. The highest BCUT2D eigenvalue weighted by atomic mass is 127. The molecule has 0 spiro atoms. The third kappa shape index (κ3) is 16.7. The summed E-state index contributed by atoms with van der Waals surface area (Å²) >= 11 is 0. The lowest BCUT2D eigenvalue weighted by atomic mass is 9.93. The predicted molar refractivity (Wildman–Crippen MR) is 121 cm³/mol. The van der Waals surface area contributed by atoms with Crippen molar-refractivity contribution in [2.45, 2.75) is 53.6 Å². The molecule has 3 N–H and O–H groups in total. The minimum atomic E-state index is -0.466. The van der Waals surface area contributed by atoms with E-state index in [9.17, 15) is 4.79 Å². The Morgan fingerprint density at radius 3 is 2.12 bits per heavy atom. The summed E-state index contributed by atoms with van der Waals surface area (Å²) in [4.78, 5) is 18.4. The molecule has 8 heteroatoms. The molecule has 0 aromatic rings. The van der Waals surface area contributed by atoms with Gasteiger partial charge in [-0.25, -0.2) is 4.79 Å². The molecule has 0 aromatic carbocycles. The fourth-order valence-corrected chi connectivity index (χ4v) is 2.34. The fourth-order valence-electron chi connectivity index (χ4n) is 2.34. The number of alkyl carbamates (subject to hydrolysis) is 1. The van der Waals surface area contributed by atoms with Crippen LogP contribution in [0.25, 0.3) is 0 Å². The standard InChI is InChI=1S/C18H39N5O2.HI/c1-9-19-15(22-13-18(5,6)14-23(7)8)20-11-10-12-21-16(24)25-17(2,3)4;/h9-14H2,1-8H3,(H,21,24)(H2,19,20,22);1H. The second-order valence-corrected chi connectivity index (χ2v) is 8.31. The first kappa shape index (κ1) is 27.4. The van der Waals surface area contributed by atoms with Crippen LogP contribution >= 0.6 is 24.0 Å². The van der Waals surface area contributed by atoms with Gasteiger partial charge in [-0.05, 0) is 53.6 Å². The van der Waals surface area contributed by atoms with E-state index in [0.717, 1.165) is 38.6 Å². The van der Waals surface area contributed by atoms with Crippen LogP contribution in [-0.2, 0) is 4.74 Å². The monoisotopic (exact) mass is 485 g/mol. The molecular formula is C18H40IN5O2. The second kappa shape index (κ2) is 13.4. The Labute approximate surface area is 177 Å². The zero-order valence-corrected chi connectivity index (χ0v) is 20.2. The fraction of sp³-hybridized carbons (Fsp3) is 0.889. The summed E-state index contributed by atoms with van der Waals surface area (Å²) in [5.41, 5.74) is -0.351. The van der Waals surface area contributed by atoms with Crippen molar-refractivity contribution in [1.29, 1.82) is 0 Å². The number of nitrogens with zero attached hydrogens (tertiary/aromatic N) is 2. The first-order chi connectivity index (χ1) is 11.4. The van der Waals surface area contributed by atoms with Crippen LogP contribution in [0.4, 0.5) is 4.79 Å². The largest absolute Gasteiger partial charge is 0.444 e. The van der Waals surface area contributed by atoms with Crippen molar-refractivity contribution in [1.82, 2.24) is 20.9 Å². The van der Waals surface area contributed by atoms with E-state index >= 15 is 0 Å². The lowest BCUT2D eigenvalue weighted by molar-refractivity contribution is 0.0527. The van der Waals surface area contributed by atoms with Crippen molar-refractivity contribution < 1.29 is 9.53 Å². The maximum Gasteiger partial charge on any atom is 0.407 e. The molecule has 0 aliphatic rings. The van der Waals surface area contributed by atoms with Crippen LogP contribution in [0.3, 0.4) is 0 Å². The summed E-state index contributed by atoms with van der Waals surface area (Å²) < 4.78 is 5.20. The predicted octanol–water partition coefficient (Wildman–Crippen LogP) is 2.66. The number of ether oxygens (including phenoxy) is 1. The Morgan fingerprint density at radius 1 is 1.04 bits per heavy atom. The highest BCUT2D eigenvalue weighted by molar-refractivity contribution is 14.0. The summed E-state index contributed by atoms with van der Waals surface area (Å²) in [5.74, 6) is 0.812. The van der Waals surface area contributed by atoms with Gasteiger partial charge >= 0.3 is 6.09 Å². The number of halogens is 1. The number of amides is 1. The normalized spacial score (nSPS) is 12.4. The van der Waals surface area contributed by atoms with Crippen LogP contribution in [0.5, 0.6) is 0 Å². The Balaban J connectivity index is 0. The first-order valence-corrected chi connectivity index (χ1v) is 9.09. The van der Waals surface area contributed by atoms with Gasteiger partial charge in [0.25, 0.3) is 0 Å². The van der Waals surface area contributed by atoms with Crippen molar-refractivity contribution in [3.63, 3.8) is 0 Å². The van der Waals surface area contributed by atoms with Gasteiger partial charge in [-0.3, -0.25) is 4.99 Å². The van der Waals surface area contributed by atoms with Gasteiger partial charge in [0.1, 0.15) is 5.60 Å². The van der Waals surface area contributed by atoms with Gasteiger partial charge in [0, 0.05) is 32.7 Å². The number of hydrogen-bond donors (Lipinski definition) is 3. The van der Waals surface area contributed by atoms with Gasteiger partial charge in [0.2, 0.25) is 0 Å². The summed E-state index contributed by atoms with van der Waals surface area (Å²) in [7, 11) is 4.15. The van der Waals surface area contributed by atoms with Gasteiger partial charge in [0.15, 0.2) is 5.96 Å². The van der Waals surface area contributed by atoms with E-state index in [1.165, 1.54) is 0 Å². The molecule has 0 saturated carbocycles. The van der Waals surface area contributed by atoms with Gasteiger partial charge in [-0.1, -0.05) is 13.8 Å². The molecule has 7 nitrogen and oxygen atoms in total. The Bertz CT molecular complexity index is 420. The lowest BCUT2D eigenvalue weighted by Crippen LogP contribution is -2.40. The molecule has 0 aliphatic carbocycles. The minimum Gasteiger partial charge on any atom is -0.444 e. The minimum absolute atomic E-state index is 0. The van der Waals surface area contributed by atoms with Crippen molar-refractivity contribution in [3.05, 3.63) is 0 Å². The van der Waals surface area contributed by atoms with Crippen LogP contribution in [0.1, 0.15) is 48.0 Å². The highest BCUT2D eigenvalue weighted by Gasteiger charge is 2.18. The Kier molecular flexibility index (Phi) is 14.2. The topological polar surface area (TPSA) is 78.0 Å². The molecule has 0 aliphatic heterocycles. The molecule has 0 bridgehead atoms. The number of guanidine groups is 1. The van der Waals surface area contributed by atoms with Crippen molar-refractivity contribution in [2.75, 3.05) is 46.8 Å². The van der Waals surface area contributed by atoms with Gasteiger partial charge in [0.05, 0.1) is 0 Å². The number of rotatable bonds is 9. The van der Waals surface area contributed by atoms with Crippen LogP contribution in [0.2, 0.25) is 0 Å². The van der Waals surface area contributed by atoms with Crippen molar-refractivity contribution in [2.24, 2.45) is 10.4 Å². The molecule has 26 heavy (non-hydrogen) atoms. The number of aliphatic imine (C=N–C) groups is 1. The van der Waals surface area contributed by atoms with E-state index < -0.39 is 5.60 Å². The Hall–Kier alpha value is -0.770. The zero-order valence-electron chi connectivity index (χ0n) is 17.9. The lowest BCUT2D eigenvalue weighted by Gasteiger charge is -2.26. The van der Waals surface area contributed by atoms with E-state index in [0.29, 0.717) is 6.54 Å². The molecule has 0 heterocycles. The third-order valence-electron chi connectivity index (χ3n) is 3.07. The molecular weight excluding hydrogens is 445 g/mol. The molecule has 0 fully saturated rings. The van der Waals surface area contributed by atoms with Gasteiger partial charge in [-0.2, -0.15) is 0 Å². The zero-order chi connectivity index (χ0) is 19.5. The van der Waals surface area contributed by atoms with Crippen LogP contribution in [0.15, 0.2) is 4.99 Å². The number of nitrogens with one attached hydrogen (secondary N) is 3. The number of carbonyl (C=O) groups is 1. The van der Waals surface area contributed by atoms with E-state index in [1.807, 2.05) is 27.7 Å². The van der Waals surface area contributed by atoms with Crippen molar-refractivity contribution >= 4 is 36.0 Å². The molecule has 0 saturated heterocycles. The summed E-state index contributed by atoms with van der Waals surface area (Å²) in [6.07, 6.45) is 0.420. The van der Waals surface area contributed by atoms with E-state index in [1.54, 1.807) is 0 Å². The van der Waals surface area contributed by atoms with E-state index in [-0.39, 0.29) is 35.5 Å². The number of carbonyl (C=O) groups excluding carboxylic acids is 1. The van der Waals surface area contributed by atoms with Crippen molar-refractivity contribution in [3.8, 4) is 0 Å². The molecule has 156 valence electrons. The van der Waals surface area contributed by atoms with Crippen LogP contribution in [0, 0.1) is 5.41 Å². The van der Waals surface area contributed by atoms with Gasteiger partial charge in [-0.15, -0.1) is 24.0 Å². The maximum atomic E-state index is 11.6. The SMILES string of the molecule is CCNC(=NCC(C)(C)CN(C)C)NCCCNC(=O)OC(C)(C)C.I. The maximum absolute atomic E-state index is 11.6. The summed E-state index contributed by atoms with van der Waals surface area (Å²) in [6, 6.07) is 0. The summed E-state index contributed by atoms with van der Waals surface area (Å²) in [6.45, 7) is 15.9. The van der Waals surface area contributed by atoms with E-state index in [4.69, 9.17) is 4.74 Å². The quantitative estimate of drug-likeness (QED) is 0.203. The molecule has 0 atom stereocenters. The molecule has 0 radical (unpaired) electrons. The first-order valence-electron chi connectivity index (χ1n) is 9.09. The van der Waals surface area contributed by atoms with E-state index in [2.05, 4.69) is 53.8 Å². The smallest absolute Gasteiger partial charge is 0.407 e. The molecule has 0 rings (SSSR count). The van der Waals surface area contributed by atoms with Crippen LogP contribution in [-0.4, -0.2) is 69.4 Å². The number of hydrogen-bond acceptors (Lipinski definition) is 4. The average molecular weight is 485 g/mol. The Morgan fingerprint density at radius 2 is 1.62 bits per heavy atom. The average Bonchev–Trinajstić information content (AvgIpc) is 2.41. The highest BCUT2D eigenvalue weighted by Crippen LogP contribution is 2.15. The third-order valence-corrected chi connectivity index (χ3v) is 3.07.